The summed E-state index contributed by atoms with van der Waals surface area (Å²) in [6.45, 7) is 2.03. The molecule has 2 aliphatic heterocycles. The second-order valence-electron chi connectivity index (χ2n) is 5.49. The van der Waals surface area contributed by atoms with Crippen molar-refractivity contribution in [1.29, 1.82) is 0 Å². The van der Waals surface area contributed by atoms with Gasteiger partial charge in [0.05, 0.1) is 6.04 Å². The van der Waals surface area contributed by atoms with Gasteiger partial charge in [0.25, 0.3) is 0 Å². The Hall–Kier alpha value is -1.00. The first-order valence-electron chi connectivity index (χ1n) is 6.81. The van der Waals surface area contributed by atoms with Gasteiger partial charge >= 0.3 is 0 Å². The molecule has 2 saturated heterocycles. The third-order valence-corrected chi connectivity index (χ3v) is 4.56. The maximum Gasteiger partial charge on any atom is 0.225 e. The number of piperidine rings is 1. The average molecular weight is 277 g/mol. The van der Waals surface area contributed by atoms with Crippen LogP contribution in [0, 0.1) is 0 Å². The number of carbonyl (C=O) groups is 1. The number of amides is 1. The van der Waals surface area contributed by atoms with Gasteiger partial charge in [-0.1, -0.05) is 30.3 Å². The van der Waals surface area contributed by atoms with Gasteiger partial charge in [-0.15, -0.1) is 0 Å². The standard InChI is InChI=1S/C15H19NO2S/c1-15-9-5-8-13(17)16(15)12(10-19)14(18-15)11-6-3-2-4-7-11/h2-4,6-7,12,14,19H,5,8-10H2,1H3. The lowest BCUT2D eigenvalue weighted by Gasteiger charge is -2.39. The molecule has 4 heteroatoms. The molecule has 1 aromatic carbocycles. The van der Waals surface area contributed by atoms with Crippen molar-refractivity contribution in [3.8, 4) is 0 Å². The zero-order chi connectivity index (χ0) is 13.5. The van der Waals surface area contributed by atoms with Crippen LogP contribution in [-0.2, 0) is 9.53 Å². The molecule has 0 spiro atoms. The largest absolute Gasteiger partial charge is 0.346 e. The van der Waals surface area contributed by atoms with Crippen LogP contribution in [0.5, 0.6) is 0 Å². The molecule has 3 atom stereocenters. The minimum atomic E-state index is -0.455. The maximum atomic E-state index is 12.2. The maximum absolute atomic E-state index is 12.2. The van der Waals surface area contributed by atoms with E-state index in [1.54, 1.807) is 0 Å². The second kappa shape index (κ2) is 4.84. The van der Waals surface area contributed by atoms with Gasteiger partial charge in [-0.3, -0.25) is 4.79 Å². The van der Waals surface area contributed by atoms with Crippen molar-refractivity contribution in [1.82, 2.24) is 4.90 Å². The van der Waals surface area contributed by atoms with E-state index >= 15 is 0 Å². The van der Waals surface area contributed by atoms with Gasteiger partial charge in [0.1, 0.15) is 11.8 Å². The summed E-state index contributed by atoms with van der Waals surface area (Å²) in [6, 6.07) is 10.2. The zero-order valence-electron chi connectivity index (χ0n) is 11.1. The number of ether oxygens (including phenoxy) is 1. The molecule has 0 saturated carbocycles. The van der Waals surface area contributed by atoms with Gasteiger partial charge in [0, 0.05) is 12.2 Å². The Kier molecular flexibility index (Phi) is 3.31. The molecule has 2 fully saturated rings. The Balaban J connectivity index is 1.97. The van der Waals surface area contributed by atoms with Crippen LogP contribution in [-0.4, -0.2) is 28.3 Å². The van der Waals surface area contributed by atoms with Gasteiger partial charge in [-0.05, 0) is 25.3 Å². The predicted molar refractivity (Wildman–Crippen MR) is 77.0 cm³/mol. The first kappa shape index (κ1) is 13.0. The van der Waals surface area contributed by atoms with Crippen LogP contribution >= 0.6 is 12.6 Å². The monoisotopic (exact) mass is 277 g/mol. The van der Waals surface area contributed by atoms with Gasteiger partial charge in [0.15, 0.2) is 0 Å². The number of thiol groups is 1. The summed E-state index contributed by atoms with van der Waals surface area (Å²) in [7, 11) is 0. The summed E-state index contributed by atoms with van der Waals surface area (Å²) in [5.74, 6) is 0.826. The molecule has 3 nitrogen and oxygen atoms in total. The summed E-state index contributed by atoms with van der Waals surface area (Å²) in [5.41, 5.74) is 0.674. The fourth-order valence-corrected chi connectivity index (χ4v) is 3.68. The Morgan fingerprint density at radius 1 is 1.42 bits per heavy atom. The van der Waals surface area contributed by atoms with E-state index in [0.29, 0.717) is 12.2 Å². The SMILES string of the molecule is CC12CCCC(=O)N1C(CS)C(c1ccccc1)O2. The summed E-state index contributed by atoms with van der Waals surface area (Å²) in [5, 5.41) is 0. The van der Waals surface area contributed by atoms with E-state index in [-0.39, 0.29) is 18.1 Å². The van der Waals surface area contributed by atoms with Crippen LogP contribution in [0.4, 0.5) is 0 Å². The Bertz CT molecular complexity index is 478. The van der Waals surface area contributed by atoms with Crippen molar-refractivity contribution in [2.24, 2.45) is 0 Å². The van der Waals surface area contributed by atoms with E-state index in [9.17, 15) is 4.79 Å². The molecule has 3 rings (SSSR count). The molecule has 0 N–H and O–H groups in total. The minimum Gasteiger partial charge on any atom is -0.346 e. The van der Waals surface area contributed by atoms with Crippen molar-refractivity contribution in [3.05, 3.63) is 35.9 Å². The van der Waals surface area contributed by atoms with Crippen LogP contribution in [0.1, 0.15) is 37.9 Å². The Morgan fingerprint density at radius 2 is 2.16 bits per heavy atom. The zero-order valence-corrected chi connectivity index (χ0v) is 12.0. The van der Waals surface area contributed by atoms with Crippen molar-refractivity contribution >= 4 is 18.5 Å². The van der Waals surface area contributed by atoms with E-state index in [1.165, 1.54) is 0 Å². The molecular formula is C15H19NO2S. The number of fused-ring (bicyclic) bond motifs is 1. The van der Waals surface area contributed by atoms with Gasteiger partial charge < -0.3 is 9.64 Å². The quantitative estimate of drug-likeness (QED) is 0.842. The summed E-state index contributed by atoms with van der Waals surface area (Å²) < 4.78 is 6.27. The number of hydrogen-bond donors (Lipinski definition) is 1. The molecule has 2 aliphatic rings. The fourth-order valence-electron chi connectivity index (χ4n) is 3.32. The van der Waals surface area contributed by atoms with E-state index in [4.69, 9.17) is 4.74 Å². The molecule has 19 heavy (non-hydrogen) atoms. The second-order valence-corrected chi connectivity index (χ2v) is 5.86. The number of benzene rings is 1. The van der Waals surface area contributed by atoms with Gasteiger partial charge in [0.2, 0.25) is 5.91 Å². The summed E-state index contributed by atoms with van der Waals surface area (Å²) >= 11 is 4.45. The highest BCUT2D eigenvalue weighted by molar-refractivity contribution is 7.80. The molecule has 0 aromatic heterocycles. The predicted octanol–water partition coefficient (Wildman–Crippen LogP) is 2.79. The lowest BCUT2D eigenvalue weighted by Crippen LogP contribution is -2.52. The highest BCUT2D eigenvalue weighted by atomic mass is 32.1. The van der Waals surface area contributed by atoms with Crippen LogP contribution in [0.3, 0.4) is 0 Å². The molecule has 3 unspecified atom stereocenters. The topological polar surface area (TPSA) is 29.5 Å². The molecule has 0 aliphatic carbocycles. The fraction of sp³-hybridized carbons (Fsp3) is 0.533. The molecular weight excluding hydrogens is 258 g/mol. The van der Waals surface area contributed by atoms with Gasteiger partial charge in [-0.25, -0.2) is 0 Å². The van der Waals surface area contributed by atoms with Crippen LogP contribution < -0.4 is 0 Å². The third kappa shape index (κ3) is 2.07. The molecule has 102 valence electrons. The number of hydrogen-bond acceptors (Lipinski definition) is 3. The van der Waals surface area contributed by atoms with E-state index in [0.717, 1.165) is 18.4 Å². The van der Waals surface area contributed by atoms with Crippen LogP contribution in [0.25, 0.3) is 0 Å². The normalized spacial score (nSPS) is 34.4. The smallest absolute Gasteiger partial charge is 0.225 e. The highest BCUT2D eigenvalue weighted by Crippen LogP contribution is 2.46. The van der Waals surface area contributed by atoms with Crippen molar-refractivity contribution in [2.45, 2.75) is 44.1 Å². The Morgan fingerprint density at radius 3 is 2.84 bits per heavy atom. The minimum absolute atomic E-state index is 0.0310. The van der Waals surface area contributed by atoms with Crippen LogP contribution in [0.15, 0.2) is 30.3 Å². The summed E-state index contributed by atoms with van der Waals surface area (Å²) in [4.78, 5) is 14.2. The first-order chi connectivity index (χ1) is 9.15. The summed E-state index contributed by atoms with van der Waals surface area (Å²) in [6.07, 6.45) is 2.38. The third-order valence-electron chi connectivity index (χ3n) is 4.19. The Labute approximate surface area is 119 Å². The molecule has 0 radical (unpaired) electrons. The molecule has 1 amide bonds. The molecule has 1 aromatic rings. The lowest BCUT2D eigenvalue weighted by atomic mass is 9.97. The number of rotatable bonds is 2. The van der Waals surface area contributed by atoms with E-state index in [2.05, 4.69) is 24.8 Å². The van der Waals surface area contributed by atoms with Crippen molar-refractivity contribution in [2.75, 3.05) is 5.75 Å². The highest BCUT2D eigenvalue weighted by Gasteiger charge is 2.53. The van der Waals surface area contributed by atoms with Crippen molar-refractivity contribution in [3.63, 3.8) is 0 Å². The van der Waals surface area contributed by atoms with Crippen molar-refractivity contribution < 1.29 is 9.53 Å². The van der Waals surface area contributed by atoms with E-state index < -0.39 is 5.72 Å². The van der Waals surface area contributed by atoms with Crippen LogP contribution in [0.2, 0.25) is 0 Å². The lowest BCUT2D eigenvalue weighted by molar-refractivity contribution is -0.159. The number of nitrogens with zero attached hydrogens (tertiary/aromatic N) is 1. The first-order valence-corrected chi connectivity index (χ1v) is 7.45. The molecule has 0 bridgehead atoms. The average Bonchev–Trinajstić information content (AvgIpc) is 2.74. The number of carbonyl (C=O) groups excluding carboxylic acids is 1. The van der Waals surface area contributed by atoms with Gasteiger partial charge in [-0.2, -0.15) is 12.6 Å². The van der Waals surface area contributed by atoms with E-state index in [1.807, 2.05) is 30.0 Å². The molecule has 2 heterocycles.